The minimum Gasteiger partial charge on any atom is -0.493 e. The first-order valence-electron chi connectivity index (χ1n) is 6.49. The van der Waals surface area contributed by atoms with E-state index in [4.69, 9.17) is 4.74 Å². The maximum atomic E-state index is 11.6. The maximum absolute atomic E-state index is 11.6. The van der Waals surface area contributed by atoms with Gasteiger partial charge in [0.2, 0.25) is 10.0 Å². The molecule has 1 aliphatic heterocycles. The van der Waals surface area contributed by atoms with Crippen molar-refractivity contribution in [3.05, 3.63) is 24.3 Å². The fourth-order valence-corrected chi connectivity index (χ4v) is 2.83. The van der Waals surface area contributed by atoms with Crippen LogP contribution in [0.15, 0.2) is 29.2 Å². The minimum atomic E-state index is -3.36. The topological polar surface area (TPSA) is 67.4 Å². The number of ether oxygens (including phenoxy) is 1. The number of piperidine rings is 1. The summed E-state index contributed by atoms with van der Waals surface area (Å²) in [6.45, 7) is 2.79. The predicted molar refractivity (Wildman–Crippen MR) is 73.8 cm³/mol. The third kappa shape index (κ3) is 3.92. The quantitative estimate of drug-likeness (QED) is 0.845. The lowest BCUT2D eigenvalue weighted by molar-refractivity contribution is 0.215. The van der Waals surface area contributed by atoms with E-state index in [9.17, 15) is 8.42 Å². The molecule has 0 saturated carbocycles. The molecule has 1 aromatic rings. The van der Waals surface area contributed by atoms with Gasteiger partial charge >= 0.3 is 0 Å². The molecule has 1 saturated heterocycles. The average molecular weight is 284 g/mol. The van der Waals surface area contributed by atoms with E-state index in [1.54, 1.807) is 24.3 Å². The zero-order chi connectivity index (χ0) is 13.7. The SMILES string of the molecule is CNS(=O)(=O)c1ccc(OCC2CCNCC2)cc1. The first kappa shape index (κ1) is 14.3. The second-order valence-corrected chi connectivity index (χ2v) is 6.57. The molecule has 0 unspecified atom stereocenters. The van der Waals surface area contributed by atoms with Crippen LogP contribution in [0.5, 0.6) is 5.75 Å². The number of benzene rings is 1. The van der Waals surface area contributed by atoms with E-state index >= 15 is 0 Å². The molecule has 0 atom stereocenters. The van der Waals surface area contributed by atoms with E-state index in [-0.39, 0.29) is 4.90 Å². The summed E-state index contributed by atoms with van der Waals surface area (Å²) in [7, 11) is -1.96. The second-order valence-electron chi connectivity index (χ2n) is 4.68. The van der Waals surface area contributed by atoms with Crippen molar-refractivity contribution in [2.75, 3.05) is 26.7 Å². The van der Waals surface area contributed by atoms with Gasteiger partial charge < -0.3 is 10.1 Å². The van der Waals surface area contributed by atoms with Crippen LogP contribution in [0.25, 0.3) is 0 Å². The largest absolute Gasteiger partial charge is 0.493 e. The molecule has 1 aliphatic rings. The number of nitrogens with one attached hydrogen (secondary N) is 2. The Morgan fingerprint density at radius 1 is 1.26 bits per heavy atom. The van der Waals surface area contributed by atoms with E-state index in [1.165, 1.54) is 7.05 Å². The molecule has 1 heterocycles. The summed E-state index contributed by atoms with van der Waals surface area (Å²) in [5.74, 6) is 1.30. The number of hydrogen-bond donors (Lipinski definition) is 2. The van der Waals surface area contributed by atoms with Gasteiger partial charge in [-0.05, 0) is 63.2 Å². The highest BCUT2D eigenvalue weighted by Crippen LogP contribution is 2.18. The molecule has 0 amide bonds. The van der Waals surface area contributed by atoms with E-state index < -0.39 is 10.0 Å². The summed E-state index contributed by atoms with van der Waals surface area (Å²) in [6, 6.07) is 6.52. The lowest BCUT2D eigenvalue weighted by Gasteiger charge is -2.22. The van der Waals surface area contributed by atoms with Gasteiger partial charge in [-0.2, -0.15) is 0 Å². The Kier molecular flexibility index (Phi) is 4.79. The van der Waals surface area contributed by atoms with Crippen molar-refractivity contribution in [3.8, 4) is 5.75 Å². The minimum absolute atomic E-state index is 0.254. The molecule has 0 spiro atoms. The van der Waals surface area contributed by atoms with Crippen LogP contribution >= 0.6 is 0 Å². The normalized spacial score (nSPS) is 17.3. The summed E-state index contributed by atoms with van der Waals surface area (Å²) >= 11 is 0. The summed E-state index contributed by atoms with van der Waals surface area (Å²) in [4.78, 5) is 0.254. The number of sulfonamides is 1. The lowest BCUT2D eigenvalue weighted by Crippen LogP contribution is -2.30. The Labute approximate surface area is 114 Å². The van der Waals surface area contributed by atoms with E-state index in [0.29, 0.717) is 18.3 Å². The molecule has 0 aliphatic carbocycles. The third-order valence-corrected chi connectivity index (χ3v) is 4.78. The predicted octanol–water partition coefficient (Wildman–Crippen LogP) is 0.973. The van der Waals surface area contributed by atoms with E-state index in [1.807, 2.05) is 0 Å². The Morgan fingerprint density at radius 2 is 1.89 bits per heavy atom. The van der Waals surface area contributed by atoms with Gasteiger partial charge in [-0.25, -0.2) is 13.1 Å². The molecule has 1 fully saturated rings. The van der Waals surface area contributed by atoms with E-state index in [2.05, 4.69) is 10.0 Å². The molecule has 2 rings (SSSR count). The van der Waals surface area contributed by atoms with Crippen molar-refractivity contribution in [3.63, 3.8) is 0 Å². The zero-order valence-corrected chi connectivity index (χ0v) is 11.9. The molecular weight excluding hydrogens is 264 g/mol. The molecule has 0 bridgehead atoms. The summed E-state index contributed by atoms with van der Waals surface area (Å²) in [5, 5.41) is 3.31. The van der Waals surface area contributed by atoms with Crippen LogP contribution in [0, 0.1) is 5.92 Å². The highest BCUT2D eigenvalue weighted by molar-refractivity contribution is 7.89. The number of rotatable bonds is 5. The van der Waals surface area contributed by atoms with Gasteiger partial charge in [0.15, 0.2) is 0 Å². The van der Waals surface area contributed by atoms with Crippen LogP contribution in [0.3, 0.4) is 0 Å². The van der Waals surface area contributed by atoms with Crippen molar-refractivity contribution < 1.29 is 13.2 Å². The van der Waals surface area contributed by atoms with Crippen LogP contribution in [-0.4, -0.2) is 35.2 Å². The van der Waals surface area contributed by atoms with Crippen LogP contribution < -0.4 is 14.8 Å². The fraction of sp³-hybridized carbons (Fsp3) is 0.538. The van der Waals surface area contributed by atoms with Crippen molar-refractivity contribution in [1.29, 1.82) is 0 Å². The van der Waals surface area contributed by atoms with Gasteiger partial charge in [-0.1, -0.05) is 0 Å². The zero-order valence-electron chi connectivity index (χ0n) is 11.1. The second kappa shape index (κ2) is 6.36. The Hall–Kier alpha value is -1.11. The number of hydrogen-bond acceptors (Lipinski definition) is 4. The summed E-state index contributed by atoms with van der Waals surface area (Å²) in [5.41, 5.74) is 0. The standard InChI is InChI=1S/C13H20N2O3S/c1-14-19(16,17)13-4-2-12(3-5-13)18-10-11-6-8-15-9-7-11/h2-5,11,14-15H,6-10H2,1H3. The third-order valence-electron chi connectivity index (χ3n) is 3.35. The molecule has 6 heteroatoms. The molecule has 19 heavy (non-hydrogen) atoms. The maximum Gasteiger partial charge on any atom is 0.240 e. The first-order chi connectivity index (χ1) is 9.12. The monoisotopic (exact) mass is 284 g/mol. The fourth-order valence-electron chi connectivity index (χ4n) is 2.10. The molecule has 2 N–H and O–H groups in total. The molecule has 1 aromatic carbocycles. The molecule has 5 nitrogen and oxygen atoms in total. The van der Waals surface area contributed by atoms with E-state index in [0.717, 1.165) is 25.9 Å². The van der Waals surface area contributed by atoms with Gasteiger partial charge in [0, 0.05) is 0 Å². The average Bonchev–Trinajstić information content (AvgIpc) is 2.47. The smallest absolute Gasteiger partial charge is 0.240 e. The van der Waals surface area contributed by atoms with Crippen molar-refractivity contribution in [2.24, 2.45) is 5.92 Å². The van der Waals surface area contributed by atoms with Crippen molar-refractivity contribution in [1.82, 2.24) is 10.0 Å². The molecular formula is C13H20N2O3S. The summed E-state index contributed by atoms with van der Waals surface area (Å²) < 4.78 is 31.1. The van der Waals surface area contributed by atoms with Crippen LogP contribution in [0.4, 0.5) is 0 Å². The van der Waals surface area contributed by atoms with Gasteiger partial charge in [0.1, 0.15) is 5.75 Å². The molecule has 0 aromatic heterocycles. The van der Waals surface area contributed by atoms with Crippen LogP contribution in [0.2, 0.25) is 0 Å². The Bertz CT molecular complexity index is 493. The van der Waals surface area contributed by atoms with Gasteiger partial charge in [0.05, 0.1) is 11.5 Å². The lowest BCUT2D eigenvalue weighted by atomic mass is 9.99. The molecule has 0 radical (unpaired) electrons. The highest BCUT2D eigenvalue weighted by Gasteiger charge is 2.14. The van der Waals surface area contributed by atoms with Crippen LogP contribution in [0.1, 0.15) is 12.8 Å². The van der Waals surface area contributed by atoms with Gasteiger partial charge in [-0.3, -0.25) is 0 Å². The summed E-state index contributed by atoms with van der Waals surface area (Å²) in [6.07, 6.45) is 2.26. The van der Waals surface area contributed by atoms with Crippen molar-refractivity contribution in [2.45, 2.75) is 17.7 Å². The highest BCUT2D eigenvalue weighted by atomic mass is 32.2. The first-order valence-corrected chi connectivity index (χ1v) is 7.97. The van der Waals surface area contributed by atoms with Gasteiger partial charge in [0.25, 0.3) is 0 Å². The van der Waals surface area contributed by atoms with Crippen LogP contribution in [-0.2, 0) is 10.0 Å². The van der Waals surface area contributed by atoms with Crippen molar-refractivity contribution >= 4 is 10.0 Å². The van der Waals surface area contributed by atoms with Gasteiger partial charge in [-0.15, -0.1) is 0 Å². The Morgan fingerprint density at radius 3 is 2.47 bits per heavy atom. The Balaban J connectivity index is 1.91. The molecule has 106 valence electrons.